The molecule has 1 aliphatic heterocycles. The van der Waals surface area contributed by atoms with Crippen molar-refractivity contribution in [2.75, 3.05) is 52.5 Å². The van der Waals surface area contributed by atoms with Gasteiger partial charge in [0.2, 0.25) is 0 Å². The number of aliphatic hydroxyl groups excluding tert-OH is 2. The number of β-amino-alcohol motifs (C(OH)–C–C–N with tert-alkyl or cyclic N) is 2. The van der Waals surface area contributed by atoms with Gasteiger partial charge in [0, 0.05) is 39.3 Å². The zero-order valence-corrected chi connectivity index (χ0v) is 13.7. The van der Waals surface area contributed by atoms with E-state index in [1.54, 1.807) is 0 Å². The minimum Gasteiger partial charge on any atom is -0.490 e. The van der Waals surface area contributed by atoms with E-state index in [4.69, 9.17) is 9.84 Å². The molecule has 0 amide bonds. The molecule has 1 heterocycles. The minimum atomic E-state index is -0.483. The van der Waals surface area contributed by atoms with Crippen LogP contribution in [0.1, 0.15) is 11.1 Å². The molecule has 0 aliphatic carbocycles. The average Bonchev–Trinajstić information content (AvgIpc) is 2.49. The largest absolute Gasteiger partial charge is 0.490 e. The maximum absolute atomic E-state index is 10.2. The highest BCUT2D eigenvalue weighted by atomic mass is 16.5. The standard InChI is InChI=1S/C17H28N2O3/c1-14-4-3-5-15(2)17(14)22-13-16(21)12-19-8-6-18(7-9-19)10-11-20/h3-5,16,20-21H,6-13H2,1-2H3/t16-/m0/s1. The Bertz CT molecular complexity index is 439. The molecular weight excluding hydrogens is 280 g/mol. The molecule has 0 spiro atoms. The van der Waals surface area contributed by atoms with Gasteiger partial charge in [0.1, 0.15) is 18.5 Å². The summed E-state index contributed by atoms with van der Waals surface area (Å²) in [6.07, 6.45) is -0.483. The Labute approximate surface area is 133 Å². The molecular formula is C17H28N2O3. The van der Waals surface area contributed by atoms with Crippen LogP contribution < -0.4 is 4.74 Å². The smallest absolute Gasteiger partial charge is 0.125 e. The van der Waals surface area contributed by atoms with E-state index < -0.39 is 6.10 Å². The first-order chi connectivity index (χ1) is 10.6. The van der Waals surface area contributed by atoms with Gasteiger partial charge in [-0.15, -0.1) is 0 Å². The number of aryl methyl sites for hydroxylation is 2. The van der Waals surface area contributed by atoms with Gasteiger partial charge in [0.15, 0.2) is 0 Å². The SMILES string of the molecule is Cc1cccc(C)c1OC[C@@H](O)CN1CCN(CCO)CC1. The van der Waals surface area contributed by atoms with Gasteiger partial charge >= 0.3 is 0 Å². The number of hydrogen-bond donors (Lipinski definition) is 2. The van der Waals surface area contributed by atoms with Crippen LogP contribution in [0.25, 0.3) is 0 Å². The predicted molar refractivity (Wildman–Crippen MR) is 87.4 cm³/mol. The van der Waals surface area contributed by atoms with Crippen molar-refractivity contribution in [3.05, 3.63) is 29.3 Å². The van der Waals surface area contributed by atoms with Crippen molar-refractivity contribution in [2.24, 2.45) is 0 Å². The molecule has 0 bridgehead atoms. The molecule has 5 nitrogen and oxygen atoms in total. The fourth-order valence-corrected chi connectivity index (χ4v) is 2.89. The third kappa shape index (κ3) is 4.95. The second kappa shape index (κ2) is 8.48. The van der Waals surface area contributed by atoms with Gasteiger partial charge in [0.05, 0.1) is 6.61 Å². The molecule has 0 aromatic heterocycles. The molecule has 1 atom stereocenters. The lowest BCUT2D eigenvalue weighted by molar-refractivity contribution is 0.0426. The van der Waals surface area contributed by atoms with Crippen LogP contribution in [0.5, 0.6) is 5.75 Å². The van der Waals surface area contributed by atoms with Crippen LogP contribution in [0.15, 0.2) is 18.2 Å². The van der Waals surface area contributed by atoms with Crippen LogP contribution in [0.4, 0.5) is 0 Å². The first-order valence-corrected chi connectivity index (χ1v) is 8.03. The van der Waals surface area contributed by atoms with Gasteiger partial charge in [-0.25, -0.2) is 0 Å². The summed E-state index contributed by atoms with van der Waals surface area (Å²) < 4.78 is 5.81. The van der Waals surface area contributed by atoms with Gasteiger partial charge in [-0.2, -0.15) is 0 Å². The number of benzene rings is 1. The summed E-state index contributed by atoms with van der Waals surface area (Å²) in [5.41, 5.74) is 2.20. The number of hydrogen-bond acceptors (Lipinski definition) is 5. The van der Waals surface area contributed by atoms with Crippen LogP contribution >= 0.6 is 0 Å². The Morgan fingerprint density at radius 1 is 1.09 bits per heavy atom. The quantitative estimate of drug-likeness (QED) is 0.775. The van der Waals surface area contributed by atoms with E-state index in [1.165, 1.54) is 0 Å². The highest BCUT2D eigenvalue weighted by molar-refractivity contribution is 5.39. The van der Waals surface area contributed by atoms with Gasteiger partial charge in [-0.05, 0) is 25.0 Å². The first-order valence-electron chi connectivity index (χ1n) is 8.03. The summed E-state index contributed by atoms with van der Waals surface area (Å²) in [6, 6.07) is 6.06. The third-order valence-corrected chi connectivity index (χ3v) is 4.18. The normalized spacial score (nSPS) is 18.4. The fourth-order valence-electron chi connectivity index (χ4n) is 2.89. The molecule has 5 heteroatoms. The summed E-state index contributed by atoms with van der Waals surface area (Å²) in [4.78, 5) is 4.50. The Morgan fingerprint density at radius 2 is 1.68 bits per heavy atom. The minimum absolute atomic E-state index is 0.215. The average molecular weight is 308 g/mol. The summed E-state index contributed by atoms with van der Waals surface area (Å²) in [5, 5.41) is 19.1. The van der Waals surface area contributed by atoms with Crippen LogP contribution in [-0.4, -0.2) is 78.6 Å². The van der Waals surface area contributed by atoms with E-state index >= 15 is 0 Å². The molecule has 22 heavy (non-hydrogen) atoms. The van der Waals surface area contributed by atoms with Gasteiger partial charge < -0.3 is 14.9 Å². The number of aliphatic hydroxyl groups is 2. The summed E-state index contributed by atoms with van der Waals surface area (Å²) in [7, 11) is 0. The predicted octanol–water partition coefficient (Wildman–Crippen LogP) is 0.653. The van der Waals surface area contributed by atoms with E-state index in [2.05, 4.69) is 9.80 Å². The molecule has 0 unspecified atom stereocenters. The van der Waals surface area contributed by atoms with Gasteiger partial charge in [0.25, 0.3) is 0 Å². The molecule has 2 N–H and O–H groups in total. The van der Waals surface area contributed by atoms with Crippen molar-refractivity contribution in [1.29, 1.82) is 0 Å². The van der Waals surface area contributed by atoms with Crippen molar-refractivity contribution in [1.82, 2.24) is 9.80 Å². The van der Waals surface area contributed by atoms with E-state index in [0.717, 1.165) is 49.6 Å². The topological polar surface area (TPSA) is 56.2 Å². The van der Waals surface area contributed by atoms with E-state index in [0.29, 0.717) is 13.2 Å². The number of para-hydroxylation sites is 1. The Hall–Kier alpha value is -1.14. The van der Waals surface area contributed by atoms with Crippen molar-refractivity contribution < 1.29 is 14.9 Å². The van der Waals surface area contributed by atoms with Gasteiger partial charge in [-0.3, -0.25) is 9.80 Å². The molecule has 2 rings (SSSR count). The van der Waals surface area contributed by atoms with E-state index in [9.17, 15) is 5.11 Å². The van der Waals surface area contributed by atoms with Gasteiger partial charge in [-0.1, -0.05) is 18.2 Å². The number of nitrogens with zero attached hydrogens (tertiary/aromatic N) is 2. The maximum Gasteiger partial charge on any atom is 0.125 e. The molecule has 1 aromatic carbocycles. The molecule has 1 saturated heterocycles. The summed E-state index contributed by atoms with van der Waals surface area (Å²) >= 11 is 0. The lowest BCUT2D eigenvalue weighted by Crippen LogP contribution is -2.49. The third-order valence-electron chi connectivity index (χ3n) is 4.18. The Morgan fingerprint density at radius 3 is 2.27 bits per heavy atom. The highest BCUT2D eigenvalue weighted by Gasteiger charge is 2.19. The van der Waals surface area contributed by atoms with E-state index in [1.807, 2.05) is 32.0 Å². The monoisotopic (exact) mass is 308 g/mol. The molecule has 1 fully saturated rings. The highest BCUT2D eigenvalue weighted by Crippen LogP contribution is 2.22. The van der Waals surface area contributed by atoms with Crippen LogP contribution in [0.3, 0.4) is 0 Å². The van der Waals surface area contributed by atoms with Crippen molar-refractivity contribution in [2.45, 2.75) is 20.0 Å². The first kappa shape index (κ1) is 17.2. The van der Waals surface area contributed by atoms with Crippen molar-refractivity contribution >= 4 is 0 Å². The lowest BCUT2D eigenvalue weighted by atomic mass is 10.1. The molecule has 1 aromatic rings. The molecule has 0 radical (unpaired) electrons. The molecule has 1 aliphatic rings. The van der Waals surface area contributed by atoms with Crippen LogP contribution in [0.2, 0.25) is 0 Å². The zero-order valence-electron chi connectivity index (χ0n) is 13.7. The summed E-state index contributed by atoms with van der Waals surface area (Å²) in [6.45, 7) is 9.72. The van der Waals surface area contributed by atoms with Crippen LogP contribution in [0, 0.1) is 13.8 Å². The van der Waals surface area contributed by atoms with Crippen molar-refractivity contribution in [3.63, 3.8) is 0 Å². The fraction of sp³-hybridized carbons (Fsp3) is 0.647. The number of rotatable bonds is 7. The van der Waals surface area contributed by atoms with Crippen LogP contribution in [-0.2, 0) is 0 Å². The second-order valence-electron chi connectivity index (χ2n) is 6.05. The zero-order chi connectivity index (χ0) is 15.9. The summed E-state index contributed by atoms with van der Waals surface area (Å²) in [5.74, 6) is 0.884. The van der Waals surface area contributed by atoms with E-state index in [-0.39, 0.29) is 6.61 Å². The molecule has 0 saturated carbocycles. The Balaban J connectivity index is 1.73. The molecule has 124 valence electrons. The second-order valence-corrected chi connectivity index (χ2v) is 6.05. The number of ether oxygens (including phenoxy) is 1. The Kier molecular flexibility index (Phi) is 6.64. The number of piperazine rings is 1. The maximum atomic E-state index is 10.2. The lowest BCUT2D eigenvalue weighted by Gasteiger charge is -2.35. The van der Waals surface area contributed by atoms with Crippen molar-refractivity contribution in [3.8, 4) is 5.75 Å².